The Hall–Kier alpha value is -2.13. The van der Waals surface area contributed by atoms with Crippen LogP contribution in [0.25, 0.3) is 0 Å². The molecule has 0 spiro atoms. The van der Waals surface area contributed by atoms with Gasteiger partial charge in [0.1, 0.15) is 5.69 Å². The van der Waals surface area contributed by atoms with E-state index in [1.807, 2.05) is 6.07 Å². The monoisotopic (exact) mass is 249 g/mol. The molecule has 18 heavy (non-hydrogen) atoms. The van der Waals surface area contributed by atoms with Crippen molar-refractivity contribution in [2.24, 2.45) is 0 Å². The molecule has 1 aromatic rings. The summed E-state index contributed by atoms with van der Waals surface area (Å²) in [5.74, 6) is 0. The van der Waals surface area contributed by atoms with Crippen LogP contribution in [0.1, 0.15) is 26.3 Å². The van der Waals surface area contributed by atoms with E-state index in [9.17, 15) is 15.2 Å². The zero-order valence-electron chi connectivity index (χ0n) is 10.5. The number of hydrogen-bond donors (Lipinski definition) is 2. The Bertz CT molecular complexity index is 504. The van der Waals surface area contributed by atoms with E-state index in [0.29, 0.717) is 0 Å². The molecule has 0 amide bonds. The molecule has 0 aliphatic carbocycles. The van der Waals surface area contributed by atoms with Gasteiger partial charge in [0.15, 0.2) is 0 Å². The van der Waals surface area contributed by atoms with Crippen LogP contribution in [0.3, 0.4) is 0 Å². The maximum atomic E-state index is 10.9. The lowest BCUT2D eigenvalue weighted by molar-refractivity contribution is -0.384. The van der Waals surface area contributed by atoms with Gasteiger partial charge in [0, 0.05) is 6.07 Å². The summed E-state index contributed by atoms with van der Waals surface area (Å²) >= 11 is 0. The molecule has 0 saturated heterocycles. The van der Waals surface area contributed by atoms with Crippen LogP contribution in [0.2, 0.25) is 0 Å². The topological polar surface area (TPSA) is 99.2 Å². The molecule has 0 bridgehead atoms. The van der Waals surface area contributed by atoms with Gasteiger partial charge < -0.3 is 10.4 Å². The van der Waals surface area contributed by atoms with Crippen molar-refractivity contribution >= 4 is 11.4 Å². The molecule has 6 heteroatoms. The van der Waals surface area contributed by atoms with Crippen LogP contribution in [0.5, 0.6) is 0 Å². The van der Waals surface area contributed by atoms with Gasteiger partial charge in [-0.25, -0.2) is 0 Å². The first-order valence-electron chi connectivity index (χ1n) is 5.42. The van der Waals surface area contributed by atoms with Gasteiger partial charge in [0.25, 0.3) is 5.69 Å². The van der Waals surface area contributed by atoms with Crippen LogP contribution in [-0.4, -0.2) is 21.7 Å². The summed E-state index contributed by atoms with van der Waals surface area (Å²) in [6.07, 6.45) is -0.687. The standard InChI is InChI=1S/C12H15N3O3/c1-8(16)12(2,3)14-10-5-4-9(7-13)6-11(10)15(17)18/h4-6,8,14,16H,1-3H3. The lowest BCUT2D eigenvalue weighted by Gasteiger charge is -2.30. The highest BCUT2D eigenvalue weighted by atomic mass is 16.6. The van der Waals surface area contributed by atoms with E-state index in [2.05, 4.69) is 5.32 Å². The predicted molar refractivity (Wildman–Crippen MR) is 67.2 cm³/mol. The third-order valence-corrected chi connectivity index (χ3v) is 2.82. The largest absolute Gasteiger partial charge is 0.391 e. The second-order valence-electron chi connectivity index (χ2n) is 4.62. The number of nitro groups is 1. The Balaban J connectivity index is 3.18. The van der Waals surface area contributed by atoms with Gasteiger partial charge in [0.05, 0.1) is 28.2 Å². The average Bonchev–Trinajstić information content (AvgIpc) is 2.28. The summed E-state index contributed by atoms with van der Waals surface area (Å²) in [6.45, 7) is 5.07. The molecule has 0 saturated carbocycles. The SMILES string of the molecule is CC(O)C(C)(C)Nc1ccc(C#N)cc1[N+](=O)[O-]. The minimum Gasteiger partial charge on any atom is -0.391 e. The fourth-order valence-corrected chi connectivity index (χ4v) is 1.31. The summed E-state index contributed by atoms with van der Waals surface area (Å²) in [4.78, 5) is 10.4. The molecule has 0 radical (unpaired) electrons. The predicted octanol–water partition coefficient (Wildman–Crippen LogP) is 2.04. The van der Waals surface area contributed by atoms with Crippen molar-refractivity contribution in [1.29, 1.82) is 5.26 Å². The number of nitriles is 1. The second-order valence-corrected chi connectivity index (χ2v) is 4.62. The normalized spacial score (nSPS) is 12.6. The zero-order chi connectivity index (χ0) is 13.9. The first kappa shape index (κ1) is 13.9. The molecule has 1 unspecified atom stereocenters. The third kappa shape index (κ3) is 2.96. The first-order chi connectivity index (χ1) is 8.27. The summed E-state index contributed by atoms with van der Waals surface area (Å²) in [6, 6.07) is 6.03. The summed E-state index contributed by atoms with van der Waals surface area (Å²) in [7, 11) is 0. The van der Waals surface area contributed by atoms with Crippen molar-refractivity contribution in [2.45, 2.75) is 32.4 Å². The molecule has 96 valence electrons. The highest BCUT2D eigenvalue weighted by Gasteiger charge is 2.27. The Kier molecular flexibility index (Phi) is 3.89. The van der Waals surface area contributed by atoms with Crippen molar-refractivity contribution in [3.63, 3.8) is 0 Å². The highest BCUT2D eigenvalue weighted by Crippen LogP contribution is 2.29. The number of nitro benzene ring substituents is 1. The van der Waals surface area contributed by atoms with Crippen molar-refractivity contribution in [2.75, 3.05) is 5.32 Å². The van der Waals surface area contributed by atoms with Gasteiger partial charge in [0.2, 0.25) is 0 Å². The van der Waals surface area contributed by atoms with Crippen LogP contribution >= 0.6 is 0 Å². The lowest BCUT2D eigenvalue weighted by atomic mass is 9.98. The van der Waals surface area contributed by atoms with Crippen LogP contribution in [-0.2, 0) is 0 Å². The quantitative estimate of drug-likeness (QED) is 0.628. The van der Waals surface area contributed by atoms with Gasteiger partial charge in [-0.1, -0.05) is 0 Å². The molecular formula is C12H15N3O3. The molecule has 1 rings (SSSR count). The van der Waals surface area contributed by atoms with Crippen LogP contribution in [0.15, 0.2) is 18.2 Å². The van der Waals surface area contributed by atoms with Crippen LogP contribution < -0.4 is 5.32 Å². The van der Waals surface area contributed by atoms with E-state index in [1.54, 1.807) is 20.8 Å². The maximum absolute atomic E-state index is 10.9. The number of aliphatic hydroxyl groups is 1. The van der Waals surface area contributed by atoms with E-state index >= 15 is 0 Å². The van der Waals surface area contributed by atoms with Crippen LogP contribution in [0, 0.1) is 21.4 Å². The van der Waals surface area contributed by atoms with Gasteiger partial charge in [-0.3, -0.25) is 10.1 Å². The Morgan fingerprint density at radius 3 is 2.61 bits per heavy atom. The minimum absolute atomic E-state index is 0.178. The molecule has 0 aliphatic rings. The summed E-state index contributed by atoms with van der Waals surface area (Å²) in [5, 5.41) is 32.2. The maximum Gasteiger partial charge on any atom is 0.293 e. The fraction of sp³-hybridized carbons (Fsp3) is 0.417. The minimum atomic E-state index is -0.709. The Morgan fingerprint density at radius 2 is 2.17 bits per heavy atom. The number of rotatable bonds is 4. The molecule has 0 heterocycles. The zero-order valence-corrected chi connectivity index (χ0v) is 10.5. The van der Waals surface area contributed by atoms with Crippen molar-refractivity contribution in [3.8, 4) is 6.07 Å². The molecule has 0 aliphatic heterocycles. The molecule has 0 fully saturated rings. The number of nitrogens with one attached hydrogen (secondary N) is 1. The van der Waals surface area contributed by atoms with E-state index < -0.39 is 16.6 Å². The fourth-order valence-electron chi connectivity index (χ4n) is 1.31. The molecule has 0 aromatic heterocycles. The van der Waals surface area contributed by atoms with E-state index in [-0.39, 0.29) is 16.9 Å². The molecule has 1 aromatic carbocycles. The van der Waals surface area contributed by atoms with E-state index in [0.717, 1.165) is 0 Å². The van der Waals surface area contributed by atoms with Crippen LogP contribution in [0.4, 0.5) is 11.4 Å². The number of anilines is 1. The third-order valence-electron chi connectivity index (χ3n) is 2.82. The Labute approximate surface area is 105 Å². The first-order valence-corrected chi connectivity index (χ1v) is 5.42. The number of nitrogens with zero attached hydrogens (tertiary/aromatic N) is 2. The van der Waals surface area contributed by atoms with Gasteiger partial charge in [-0.2, -0.15) is 5.26 Å². The van der Waals surface area contributed by atoms with Crippen molar-refractivity contribution in [3.05, 3.63) is 33.9 Å². The summed E-state index contributed by atoms with van der Waals surface area (Å²) in [5.41, 5.74) is -0.381. The smallest absolute Gasteiger partial charge is 0.293 e. The number of benzene rings is 1. The number of aliphatic hydroxyl groups excluding tert-OH is 1. The van der Waals surface area contributed by atoms with Crippen molar-refractivity contribution < 1.29 is 10.0 Å². The number of hydrogen-bond acceptors (Lipinski definition) is 5. The van der Waals surface area contributed by atoms with E-state index in [1.165, 1.54) is 18.2 Å². The molecule has 6 nitrogen and oxygen atoms in total. The second kappa shape index (κ2) is 5.02. The van der Waals surface area contributed by atoms with Crippen molar-refractivity contribution in [1.82, 2.24) is 0 Å². The molecule has 2 N–H and O–H groups in total. The van der Waals surface area contributed by atoms with E-state index in [4.69, 9.17) is 5.26 Å². The van der Waals surface area contributed by atoms with Gasteiger partial charge >= 0.3 is 0 Å². The molecule has 1 atom stereocenters. The Morgan fingerprint density at radius 1 is 1.56 bits per heavy atom. The summed E-state index contributed by atoms with van der Waals surface area (Å²) < 4.78 is 0. The molecular weight excluding hydrogens is 234 g/mol. The van der Waals surface area contributed by atoms with Gasteiger partial charge in [-0.05, 0) is 32.9 Å². The lowest BCUT2D eigenvalue weighted by Crippen LogP contribution is -2.42. The average molecular weight is 249 g/mol. The van der Waals surface area contributed by atoms with Gasteiger partial charge in [-0.15, -0.1) is 0 Å². The highest BCUT2D eigenvalue weighted by molar-refractivity contribution is 5.65.